The first kappa shape index (κ1) is 15.0. The first-order valence-electron chi connectivity index (χ1n) is 6.07. The number of nitrogens with one attached hydrogen (secondary N) is 1. The Balaban J connectivity index is 2.64. The van der Waals surface area contributed by atoms with E-state index in [0.717, 1.165) is 0 Å². The topological polar surface area (TPSA) is 81.4 Å². The number of anilines is 1. The summed E-state index contributed by atoms with van der Waals surface area (Å²) >= 11 is 0. The molecular weight excluding hydrogens is 244 g/mol. The molecule has 0 aromatic heterocycles. The highest BCUT2D eigenvalue weighted by molar-refractivity contribution is 5.93. The number of amides is 1. The average Bonchev–Trinajstić information content (AvgIpc) is 2.26. The number of nitrogens with two attached hydrogens (primary N) is 1. The normalized spacial score (nSPS) is 12.6. The number of hydrogen-bond acceptors (Lipinski definition) is 4. The van der Waals surface area contributed by atoms with Crippen LogP contribution in [0.25, 0.3) is 0 Å². The first-order chi connectivity index (χ1) is 8.69. The largest absolute Gasteiger partial charge is 0.449 e. The van der Waals surface area contributed by atoms with E-state index in [0.29, 0.717) is 11.3 Å². The van der Waals surface area contributed by atoms with E-state index in [1.54, 1.807) is 18.2 Å². The molecule has 0 heterocycles. The van der Waals surface area contributed by atoms with E-state index >= 15 is 0 Å². The van der Waals surface area contributed by atoms with Gasteiger partial charge in [-0.15, -0.1) is 0 Å². The van der Waals surface area contributed by atoms with Crippen molar-refractivity contribution in [1.29, 1.82) is 0 Å². The minimum atomic E-state index is -0.854. The van der Waals surface area contributed by atoms with E-state index in [1.807, 2.05) is 20.8 Å². The molecule has 0 saturated carbocycles. The number of esters is 1. The maximum Gasteiger partial charge on any atom is 0.338 e. The van der Waals surface area contributed by atoms with Gasteiger partial charge in [0.2, 0.25) is 0 Å². The van der Waals surface area contributed by atoms with Gasteiger partial charge >= 0.3 is 5.97 Å². The Morgan fingerprint density at radius 2 is 1.95 bits per heavy atom. The zero-order valence-electron chi connectivity index (χ0n) is 11.7. The summed E-state index contributed by atoms with van der Waals surface area (Å²) in [6.07, 6.45) is -0.854. The molecule has 0 saturated heterocycles. The van der Waals surface area contributed by atoms with Crippen molar-refractivity contribution in [3.05, 3.63) is 29.8 Å². The molecule has 104 valence electrons. The maximum absolute atomic E-state index is 11.8. The number of hydrogen-bond donors (Lipinski definition) is 2. The van der Waals surface area contributed by atoms with E-state index in [9.17, 15) is 9.59 Å². The van der Waals surface area contributed by atoms with Gasteiger partial charge in [0.15, 0.2) is 6.10 Å². The molecule has 19 heavy (non-hydrogen) atoms. The van der Waals surface area contributed by atoms with E-state index < -0.39 is 12.1 Å². The van der Waals surface area contributed by atoms with Gasteiger partial charge in [0.05, 0.1) is 5.56 Å². The Morgan fingerprint density at radius 1 is 1.32 bits per heavy atom. The summed E-state index contributed by atoms with van der Waals surface area (Å²) < 4.78 is 5.09. The van der Waals surface area contributed by atoms with Crippen molar-refractivity contribution >= 4 is 17.6 Å². The van der Waals surface area contributed by atoms with Gasteiger partial charge < -0.3 is 15.8 Å². The van der Waals surface area contributed by atoms with Gasteiger partial charge in [0, 0.05) is 11.2 Å². The van der Waals surface area contributed by atoms with Crippen LogP contribution in [0, 0.1) is 0 Å². The Labute approximate surface area is 113 Å². The maximum atomic E-state index is 11.8. The van der Waals surface area contributed by atoms with Crippen LogP contribution in [-0.2, 0) is 9.53 Å². The molecule has 0 radical (unpaired) electrons. The second-order valence-corrected chi connectivity index (χ2v) is 5.41. The lowest BCUT2D eigenvalue weighted by atomic mass is 10.1. The van der Waals surface area contributed by atoms with Crippen LogP contribution in [0.2, 0.25) is 0 Å². The highest BCUT2D eigenvalue weighted by atomic mass is 16.5. The fourth-order valence-corrected chi connectivity index (χ4v) is 1.42. The van der Waals surface area contributed by atoms with Crippen molar-refractivity contribution in [1.82, 2.24) is 5.32 Å². The lowest BCUT2D eigenvalue weighted by Crippen LogP contribution is -2.46. The third-order valence-corrected chi connectivity index (χ3v) is 2.27. The van der Waals surface area contributed by atoms with Crippen LogP contribution in [0.4, 0.5) is 5.69 Å². The van der Waals surface area contributed by atoms with Crippen molar-refractivity contribution in [3.8, 4) is 0 Å². The van der Waals surface area contributed by atoms with Gasteiger partial charge in [0.25, 0.3) is 5.91 Å². The number of nitrogen functional groups attached to an aromatic ring is 1. The smallest absolute Gasteiger partial charge is 0.338 e. The van der Waals surface area contributed by atoms with Gasteiger partial charge in [-0.25, -0.2) is 4.79 Å². The molecule has 0 fully saturated rings. The third kappa shape index (κ3) is 4.99. The molecule has 1 aromatic carbocycles. The van der Waals surface area contributed by atoms with Gasteiger partial charge in [-0.1, -0.05) is 6.07 Å². The number of ether oxygens (including phenoxy) is 1. The molecule has 5 heteroatoms. The predicted molar refractivity (Wildman–Crippen MR) is 73.6 cm³/mol. The number of carbonyl (C=O) groups is 2. The molecule has 0 aliphatic heterocycles. The summed E-state index contributed by atoms with van der Waals surface area (Å²) in [5.74, 6) is -0.895. The lowest BCUT2D eigenvalue weighted by Gasteiger charge is -2.23. The highest BCUT2D eigenvalue weighted by Crippen LogP contribution is 2.10. The average molecular weight is 264 g/mol. The molecule has 0 bridgehead atoms. The van der Waals surface area contributed by atoms with Gasteiger partial charge in [0.1, 0.15) is 0 Å². The van der Waals surface area contributed by atoms with Crippen molar-refractivity contribution in [2.24, 2.45) is 0 Å². The number of benzene rings is 1. The Bertz CT molecular complexity index is 478. The SMILES string of the molecule is CC(OC(=O)c1cccc(N)c1)C(=O)NC(C)(C)C. The standard InChI is InChI=1S/C14H20N2O3/c1-9(12(17)16-14(2,3)4)19-13(18)10-6-5-7-11(15)8-10/h5-9H,15H2,1-4H3,(H,16,17). The minimum absolute atomic E-state index is 0.329. The second kappa shape index (κ2) is 5.73. The van der Waals surface area contributed by atoms with Crippen molar-refractivity contribution in [2.75, 3.05) is 5.73 Å². The van der Waals surface area contributed by atoms with Gasteiger partial charge in [-0.05, 0) is 45.9 Å². The predicted octanol–water partition coefficient (Wildman–Crippen LogP) is 1.73. The zero-order chi connectivity index (χ0) is 14.6. The fourth-order valence-electron chi connectivity index (χ4n) is 1.42. The molecule has 0 spiro atoms. The van der Waals surface area contributed by atoms with E-state index in [1.165, 1.54) is 13.0 Å². The van der Waals surface area contributed by atoms with Crippen molar-refractivity contribution in [2.45, 2.75) is 39.3 Å². The molecular formula is C14H20N2O3. The van der Waals surface area contributed by atoms with E-state index in [2.05, 4.69) is 5.32 Å². The van der Waals surface area contributed by atoms with Gasteiger partial charge in [-0.2, -0.15) is 0 Å². The van der Waals surface area contributed by atoms with Crippen molar-refractivity contribution < 1.29 is 14.3 Å². The quantitative estimate of drug-likeness (QED) is 0.643. The van der Waals surface area contributed by atoms with Crippen LogP contribution < -0.4 is 11.1 Å². The van der Waals surface area contributed by atoms with E-state index in [4.69, 9.17) is 10.5 Å². The van der Waals surface area contributed by atoms with Crippen LogP contribution in [0.3, 0.4) is 0 Å². The molecule has 1 amide bonds. The molecule has 1 unspecified atom stereocenters. The second-order valence-electron chi connectivity index (χ2n) is 5.41. The summed E-state index contributed by atoms with van der Waals surface area (Å²) in [7, 11) is 0. The summed E-state index contributed by atoms with van der Waals surface area (Å²) in [5.41, 5.74) is 6.02. The number of carbonyl (C=O) groups excluding carboxylic acids is 2. The Hall–Kier alpha value is -2.04. The lowest BCUT2D eigenvalue weighted by molar-refractivity contribution is -0.130. The molecule has 1 aromatic rings. The van der Waals surface area contributed by atoms with Crippen LogP contribution in [0.1, 0.15) is 38.1 Å². The summed E-state index contributed by atoms with van der Waals surface area (Å²) in [6, 6.07) is 6.43. The number of rotatable bonds is 3. The molecule has 1 rings (SSSR count). The fraction of sp³-hybridized carbons (Fsp3) is 0.429. The van der Waals surface area contributed by atoms with Crippen LogP contribution in [0.5, 0.6) is 0 Å². The van der Waals surface area contributed by atoms with Crippen molar-refractivity contribution in [3.63, 3.8) is 0 Å². The summed E-state index contributed by atoms with van der Waals surface area (Å²) in [6.45, 7) is 7.11. The Morgan fingerprint density at radius 3 is 2.47 bits per heavy atom. The third-order valence-electron chi connectivity index (χ3n) is 2.27. The summed E-state index contributed by atoms with van der Waals surface area (Å²) in [4.78, 5) is 23.6. The minimum Gasteiger partial charge on any atom is -0.449 e. The molecule has 0 aliphatic carbocycles. The first-order valence-corrected chi connectivity index (χ1v) is 6.07. The van der Waals surface area contributed by atoms with Crippen LogP contribution >= 0.6 is 0 Å². The molecule has 3 N–H and O–H groups in total. The molecule has 5 nitrogen and oxygen atoms in total. The van der Waals surface area contributed by atoms with Gasteiger partial charge in [-0.3, -0.25) is 4.79 Å². The summed E-state index contributed by atoms with van der Waals surface area (Å²) in [5, 5.41) is 2.75. The molecule has 0 aliphatic rings. The Kier molecular flexibility index (Phi) is 4.53. The zero-order valence-corrected chi connectivity index (χ0v) is 11.7. The molecule has 1 atom stereocenters. The highest BCUT2D eigenvalue weighted by Gasteiger charge is 2.22. The van der Waals surface area contributed by atoms with Crippen LogP contribution in [-0.4, -0.2) is 23.5 Å². The van der Waals surface area contributed by atoms with Crippen LogP contribution in [0.15, 0.2) is 24.3 Å². The van der Waals surface area contributed by atoms with E-state index in [-0.39, 0.29) is 11.4 Å². The monoisotopic (exact) mass is 264 g/mol.